The molecule has 0 aliphatic rings. The molecule has 0 N–H and O–H groups in total. The summed E-state index contributed by atoms with van der Waals surface area (Å²) < 4.78 is 6.22. The lowest BCUT2D eigenvalue weighted by Crippen LogP contribution is -2.36. The molecule has 0 spiro atoms. The van der Waals surface area contributed by atoms with E-state index in [4.69, 9.17) is 11.6 Å². The first-order valence-corrected chi connectivity index (χ1v) is 7.40. The normalized spacial score (nSPS) is 10.3. The van der Waals surface area contributed by atoms with Crippen LogP contribution in [0.3, 0.4) is 0 Å². The number of carbonyl (C=O) groups is 2. The Morgan fingerprint density at radius 1 is 1.35 bits per heavy atom. The fraction of sp³-hybridized carbons (Fsp3) is 0.333. The zero-order valence-electron chi connectivity index (χ0n) is 12.7. The van der Waals surface area contributed by atoms with E-state index in [-0.39, 0.29) is 25.4 Å². The topological polar surface area (TPSA) is 77.3 Å². The van der Waals surface area contributed by atoms with E-state index in [0.717, 1.165) is 5.56 Å². The highest BCUT2D eigenvalue weighted by atomic mass is 35.5. The molecule has 1 amide bonds. The molecule has 2 aromatic rings. The summed E-state index contributed by atoms with van der Waals surface area (Å²) >= 11 is 6.13. The zero-order valence-corrected chi connectivity index (χ0v) is 13.4. The average molecular weight is 337 g/mol. The number of amides is 1. The van der Waals surface area contributed by atoms with Crippen LogP contribution in [0.15, 0.2) is 36.7 Å². The van der Waals surface area contributed by atoms with Gasteiger partial charge in [-0.05, 0) is 11.6 Å². The molecule has 7 nitrogen and oxygen atoms in total. The maximum Gasteiger partial charge on any atom is 0.325 e. The van der Waals surface area contributed by atoms with Gasteiger partial charge in [0.1, 0.15) is 6.54 Å². The maximum atomic E-state index is 12.4. The fourth-order valence-corrected chi connectivity index (χ4v) is 2.20. The first-order valence-electron chi connectivity index (χ1n) is 7.02. The van der Waals surface area contributed by atoms with E-state index < -0.39 is 5.97 Å². The van der Waals surface area contributed by atoms with Gasteiger partial charge in [-0.1, -0.05) is 35.0 Å². The lowest BCUT2D eigenvalue weighted by molar-refractivity contribution is -0.147. The summed E-state index contributed by atoms with van der Waals surface area (Å²) in [5, 5.41) is 8.04. The second kappa shape index (κ2) is 8.28. The molecule has 1 heterocycles. The number of ether oxygens (including phenoxy) is 1. The molecule has 0 aliphatic heterocycles. The summed E-state index contributed by atoms with van der Waals surface area (Å²) in [6, 6.07) is 7.20. The van der Waals surface area contributed by atoms with Gasteiger partial charge in [0.15, 0.2) is 0 Å². The third-order valence-corrected chi connectivity index (χ3v) is 3.61. The molecule has 0 atom stereocenters. The van der Waals surface area contributed by atoms with E-state index in [1.54, 1.807) is 23.1 Å². The molecular formula is C15H17ClN4O3. The van der Waals surface area contributed by atoms with Crippen molar-refractivity contribution >= 4 is 23.5 Å². The minimum absolute atomic E-state index is 0.127. The first kappa shape index (κ1) is 17.0. The number of benzene rings is 1. The fourth-order valence-electron chi connectivity index (χ4n) is 2.01. The number of nitrogens with zero attached hydrogens (tertiary/aromatic N) is 4. The number of methoxy groups -OCH3 is 1. The Kier molecular flexibility index (Phi) is 6.10. The monoisotopic (exact) mass is 336 g/mol. The van der Waals surface area contributed by atoms with E-state index in [2.05, 4.69) is 15.0 Å². The van der Waals surface area contributed by atoms with Gasteiger partial charge in [-0.3, -0.25) is 14.3 Å². The number of carbonyl (C=O) groups excluding carboxylic acids is 2. The maximum absolute atomic E-state index is 12.4. The van der Waals surface area contributed by atoms with Crippen LogP contribution in [-0.2, 0) is 27.4 Å². The average Bonchev–Trinajstić information content (AvgIpc) is 3.07. The Labute approximate surface area is 138 Å². The Morgan fingerprint density at radius 3 is 2.78 bits per heavy atom. The summed E-state index contributed by atoms with van der Waals surface area (Å²) in [5.41, 5.74) is 0.771. The molecule has 1 aromatic heterocycles. The van der Waals surface area contributed by atoms with E-state index >= 15 is 0 Å². The molecule has 0 fully saturated rings. The van der Waals surface area contributed by atoms with Crippen LogP contribution in [0, 0.1) is 0 Å². The van der Waals surface area contributed by atoms with Crippen LogP contribution in [0.5, 0.6) is 0 Å². The van der Waals surface area contributed by atoms with Gasteiger partial charge in [0.05, 0.1) is 19.9 Å². The van der Waals surface area contributed by atoms with Crippen molar-refractivity contribution in [2.45, 2.75) is 19.5 Å². The molecule has 0 saturated heterocycles. The van der Waals surface area contributed by atoms with Crippen LogP contribution >= 0.6 is 11.6 Å². The highest BCUT2D eigenvalue weighted by Gasteiger charge is 2.19. The van der Waals surface area contributed by atoms with Gasteiger partial charge < -0.3 is 9.64 Å². The van der Waals surface area contributed by atoms with Crippen LogP contribution < -0.4 is 0 Å². The predicted molar refractivity (Wildman–Crippen MR) is 83.5 cm³/mol. The molecule has 2 rings (SSSR count). The molecule has 0 bridgehead atoms. The summed E-state index contributed by atoms with van der Waals surface area (Å²) in [6.45, 7) is 0.502. The molecule has 0 aliphatic carbocycles. The van der Waals surface area contributed by atoms with Crippen LogP contribution in [0.25, 0.3) is 0 Å². The van der Waals surface area contributed by atoms with Crippen molar-refractivity contribution in [2.75, 3.05) is 13.7 Å². The number of aromatic nitrogens is 3. The minimum Gasteiger partial charge on any atom is -0.468 e. The van der Waals surface area contributed by atoms with Gasteiger partial charge in [0.25, 0.3) is 0 Å². The van der Waals surface area contributed by atoms with Gasteiger partial charge in [-0.15, -0.1) is 5.10 Å². The smallest absolute Gasteiger partial charge is 0.325 e. The number of esters is 1. The van der Waals surface area contributed by atoms with Crippen LogP contribution in [-0.4, -0.2) is 45.4 Å². The number of hydrogen-bond donors (Lipinski definition) is 0. The van der Waals surface area contributed by atoms with Crippen molar-refractivity contribution in [1.82, 2.24) is 19.9 Å². The van der Waals surface area contributed by atoms with Crippen LogP contribution in [0.2, 0.25) is 5.02 Å². The van der Waals surface area contributed by atoms with Gasteiger partial charge in [0.2, 0.25) is 5.91 Å². The van der Waals surface area contributed by atoms with E-state index in [1.165, 1.54) is 12.0 Å². The lowest BCUT2D eigenvalue weighted by atomic mass is 10.2. The second-order valence-electron chi connectivity index (χ2n) is 4.83. The van der Waals surface area contributed by atoms with Crippen LogP contribution in [0.4, 0.5) is 0 Å². The van der Waals surface area contributed by atoms with E-state index in [0.29, 0.717) is 11.6 Å². The summed E-state index contributed by atoms with van der Waals surface area (Å²) in [7, 11) is 1.29. The van der Waals surface area contributed by atoms with Crippen LogP contribution in [0.1, 0.15) is 12.0 Å². The Hall–Kier alpha value is -2.41. The van der Waals surface area contributed by atoms with Crippen molar-refractivity contribution in [3.8, 4) is 0 Å². The Morgan fingerprint density at radius 2 is 2.13 bits per heavy atom. The first-order chi connectivity index (χ1) is 11.1. The van der Waals surface area contributed by atoms with Gasteiger partial charge >= 0.3 is 5.97 Å². The molecular weight excluding hydrogens is 320 g/mol. The van der Waals surface area contributed by atoms with E-state index in [9.17, 15) is 9.59 Å². The molecule has 0 unspecified atom stereocenters. The highest BCUT2D eigenvalue weighted by Crippen LogP contribution is 2.17. The van der Waals surface area contributed by atoms with Crippen molar-refractivity contribution in [2.24, 2.45) is 0 Å². The van der Waals surface area contributed by atoms with Gasteiger partial charge in [-0.25, -0.2) is 0 Å². The molecule has 0 saturated carbocycles. The zero-order chi connectivity index (χ0) is 16.7. The predicted octanol–water partition coefficient (Wildman–Crippen LogP) is 1.52. The SMILES string of the molecule is COC(=O)CN(Cc1ccccc1Cl)C(=O)CCn1ccnn1. The van der Waals surface area contributed by atoms with E-state index in [1.807, 2.05) is 18.2 Å². The third kappa shape index (κ3) is 5.07. The number of rotatable bonds is 7. The van der Waals surface area contributed by atoms with Crippen molar-refractivity contribution in [3.05, 3.63) is 47.2 Å². The standard InChI is InChI=1S/C15H17ClN4O3/c1-23-15(22)11-19(10-12-4-2-3-5-13(12)16)14(21)6-8-20-9-7-17-18-20/h2-5,7,9H,6,8,10-11H2,1H3. The minimum atomic E-state index is -0.480. The Bertz CT molecular complexity index is 661. The largest absolute Gasteiger partial charge is 0.468 e. The molecule has 1 aromatic carbocycles. The van der Waals surface area contributed by atoms with Crippen molar-refractivity contribution in [3.63, 3.8) is 0 Å². The number of halogens is 1. The highest BCUT2D eigenvalue weighted by molar-refractivity contribution is 6.31. The van der Waals surface area contributed by atoms with Gasteiger partial charge in [-0.2, -0.15) is 0 Å². The number of hydrogen-bond acceptors (Lipinski definition) is 5. The van der Waals surface area contributed by atoms with Crippen molar-refractivity contribution in [1.29, 1.82) is 0 Å². The summed E-state index contributed by atoms with van der Waals surface area (Å²) in [4.78, 5) is 25.4. The Balaban J connectivity index is 2.05. The van der Waals surface area contributed by atoms with Gasteiger partial charge in [0, 0.05) is 24.2 Å². The quantitative estimate of drug-likeness (QED) is 0.716. The molecule has 122 valence electrons. The number of aryl methyl sites for hydroxylation is 1. The summed E-state index contributed by atoms with van der Waals surface area (Å²) in [5.74, 6) is -0.669. The van der Waals surface area contributed by atoms with Crippen molar-refractivity contribution < 1.29 is 14.3 Å². The second-order valence-corrected chi connectivity index (χ2v) is 5.24. The molecule has 23 heavy (non-hydrogen) atoms. The summed E-state index contributed by atoms with van der Waals surface area (Å²) in [6.07, 6.45) is 3.41. The molecule has 8 heteroatoms. The third-order valence-electron chi connectivity index (χ3n) is 3.25. The lowest BCUT2D eigenvalue weighted by Gasteiger charge is -2.22. The molecule has 0 radical (unpaired) electrons.